The molecule has 0 spiro atoms. The molecule has 0 radical (unpaired) electrons. The predicted octanol–water partition coefficient (Wildman–Crippen LogP) is 1.66. The summed E-state index contributed by atoms with van der Waals surface area (Å²) < 4.78 is 24.7. The fraction of sp³-hybridized carbons (Fsp3) is 0.429. The Bertz CT molecular complexity index is 671. The molecule has 0 saturated carbocycles. The Labute approximate surface area is 137 Å². The van der Waals surface area contributed by atoms with Crippen molar-refractivity contribution in [3.63, 3.8) is 0 Å². The maximum atomic E-state index is 12.2. The Morgan fingerprint density at radius 2 is 1.86 bits per heavy atom. The summed E-state index contributed by atoms with van der Waals surface area (Å²) in [5.41, 5.74) is 0.386. The number of carboxylic acid groups (broad SMARTS) is 1. The van der Waals surface area contributed by atoms with Crippen molar-refractivity contribution in [1.29, 1.82) is 0 Å². The van der Waals surface area contributed by atoms with Crippen LogP contribution in [0.4, 0.5) is 0 Å². The van der Waals surface area contributed by atoms with E-state index < -0.39 is 33.0 Å². The summed E-state index contributed by atoms with van der Waals surface area (Å²) >= 11 is 3.25. The minimum absolute atomic E-state index is 0.0267. The average Bonchev–Trinajstić information content (AvgIpc) is 2.45. The first-order valence-corrected chi connectivity index (χ1v) is 9.32. The zero-order valence-electron chi connectivity index (χ0n) is 11.7. The minimum atomic E-state index is -3.50. The van der Waals surface area contributed by atoms with E-state index in [1.165, 1.54) is 0 Å². The molecule has 1 aromatic rings. The molecular weight excluding hydrogens is 374 g/mol. The summed E-state index contributed by atoms with van der Waals surface area (Å²) in [4.78, 5) is 23.6. The summed E-state index contributed by atoms with van der Waals surface area (Å²) in [7, 11) is -3.50. The van der Waals surface area contributed by atoms with Gasteiger partial charge in [-0.1, -0.05) is 34.5 Å². The smallest absolute Gasteiger partial charge is 0.330 e. The van der Waals surface area contributed by atoms with Gasteiger partial charge in [0.25, 0.3) is 0 Å². The second-order valence-electron chi connectivity index (χ2n) is 5.18. The van der Waals surface area contributed by atoms with Crippen LogP contribution in [0, 0.1) is 0 Å². The van der Waals surface area contributed by atoms with E-state index in [1.807, 2.05) is 0 Å². The van der Waals surface area contributed by atoms with Crippen molar-refractivity contribution in [3.8, 4) is 0 Å². The molecule has 2 rings (SSSR count). The fourth-order valence-electron chi connectivity index (χ4n) is 2.43. The van der Waals surface area contributed by atoms with E-state index in [0.717, 1.165) is 4.47 Å². The SMILES string of the molecule is O=C(O)C(NC(=O)C1CCCCS1(=O)=O)c1ccc(Br)cc1. The van der Waals surface area contributed by atoms with Crippen LogP contribution in [0.15, 0.2) is 28.7 Å². The zero-order chi connectivity index (χ0) is 16.3. The summed E-state index contributed by atoms with van der Waals surface area (Å²) in [5.74, 6) is -2.00. The van der Waals surface area contributed by atoms with Crippen LogP contribution >= 0.6 is 15.9 Å². The largest absolute Gasteiger partial charge is 0.479 e. The van der Waals surface area contributed by atoms with E-state index >= 15 is 0 Å². The van der Waals surface area contributed by atoms with Crippen LogP contribution in [0.2, 0.25) is 0 Å². The number of hydrogen-bond acceptors (Lipinski definition) is 4. The molecule has 8 heteroatoms. The number of aliphatic carboxylic acids is 1. The number of carbonyl (C=O) groups excluding carboxylic acids is 1. The van der Waals surface area contributed by atoms with Crippen molar-refractivity contribution < 1.29 is 23.1 Å². The summed E-state index contributed by atoms with van der Waals surface area (Å²) in [6.45, 7) is 0. The molecule has 6 nitrogen and oxygen atoms in total. The standard InChI is InChI=1S/C14H16BrNO5S/c15-10-6-4-9(5-7-10)12(14(18)19)16-13(17)11-3-1-2-8-22(11,20)21/h4-7,11-12H,1-3,8H2,(H,16,17)(H,18,19). The molecule has 1 aliphatic heterocycles. The predicted molar refractivity (Wildman–Crippen MR) is 84.1 cm³/mol. The Balaban J connectivity index is 2.19. The van der Waals surface area contributed by atoms with Gasteiger partial charge in [-0.3, -0.25) is 4.79 Å². The van der Waals surface area contributed by atoms with Gasteiger partial charge < -0.3 is 10.4 Å². The molecule has 1 amide bonds. The molecule has 2 N–H and O–H groups in total. The third-order valence-corrected chi connectivity index (χ3v) is 6.31. The van der Waals surface area contributed by atoms with Gasteiger partial charge in [-0.2, -0.15) is 0 Å². The second-order valence-corrected chi connectivity index (χ2v) is 8.40. The molecule has 1 saturated heterocycles. The van der Waals surface area contributed by atoms with E-state index in [-0.39, 0.29) is 12.2 Å². The van der Waals surface area contributed by atoms with Crippen LogP contribution < -0.4 is 5.32 Å². The van der Waals surface area contributed by atoms with Crippen molar-refractivity contribution in [2.45, 2.75) is 30.6 Å². The molecule has 2 atom stereocenters. The van der Waals surface area contributed by atoms with E-state index in [2.05, 4.69) is 21.2 Å². The van der Waals surface area contributed by atoms with Crippen molar-refractivity contribution in [3.05, 3.63) is 34.3 Å². The Hall–Kier alpha value is -1.41. The molecule has 1 heterocycles. The first-order chi connectivity index (χ1) is 10.3. The van der Waals surface area contributed by atoms with Gasteiger partial charge in [0.05, 0.1) is 5.75 Å². The number of amides is 1. The molecule has 120 valence electrons. The Morgan fingerprint density at radius 3 is 2.41 bits per heavy atom. The lowest BCUT2D eigenvalue weighted by Gasteiger charge is -2.23. The van der Waals surface area contributed by atoms with Gasteiger partial charge in [-0.25, -0.2) is 13.2 Å². The quantitative estimate of drug-likeness (QED) is 0.815. The highest BCUT2D eigenvalue weighted by Gasteiger charge is 2.36. The van der Waals surface area contributed by atoms with Crippen LogP contribution in [-0.4, -0.2) is 36.4 Å². The molecule has 1 aliphatic rings. The third kappa shape index (κ3) is 3.86. The number of rotatable bonds is 4. The lowest BCUT2D eigenvalue weighted by molar-refractivity contribution is -0.142. The molecular formula is C14H16BrNO5S. The molecule has 1 aromatic carbocycles. The van der Waals surface area contributed by atoms with Crippen molar-refractivity contribution in [2.75, 3.05) is 5.75 Å². The highest BCUT2D eigenvalue weighted by atomic mass is 79.9. The normalized spacial score (nSPS) is 21.8. The lowest BCUT2D eigenvalue weighted by atomic mass is 10.1. The molecule has 0 bridgehead atoms. The molecule has 0 aliphatic carbocycles. The van der Waals surface area contributed by atoms with Crippen molar-refractivity contribution >= 4 is 37.6 Å². The Kier molecular flexibility index (Phi) is 5.23. The van der Waals surface area contributed by atoms with Crippen LogP contribution in [-0.2, 0) is 19.4 Å². The highest BCUT2D eigenvalue weighted by molar-refractivity contribution is 9.10. The van der Waals surface area contributed by atoms with Gasteiger partial charge in [-0.05, 0) is 30.5 Å². The third-order valence-electron chi connectivity index (χ3n) is 3.61. The highest BCUT2D eigenvalue weighted by Crippen LogP contribution is 2.22. The molecule has 2 unspecified atom stereocenters. The van der Waals surface area contributed by atoms with Gasteiger partial charge in [0.2, 0.25) is 5.91 Å². The number of carbonyl (C=O) groups is 2. The second kappa shape index (κ2) is 6.78. The van der Waals surface area contributed by atoms with Gasteiger partial charge in [0, 0.05) is 4.47 Å². The van der Waals surface area contributed by atoms with Crippen LogP contribution in [0.25, 0.3) is 0 Å². The number of sulfone groups is 1. The number of carboxylic acids is 1. The number of halogens is 1. The first kappa shape index (κ1) is 17.0. The van der Waals surface area contributed by atoms with Crippen molar-refractivity contribution in [1.82, 2.24) is 5.32 Å². The van der Waals surface area contributed by atoms with Crippen LogP contribution in [0.3, 0.4) is 0 Å². The summed E-state index contributed by atoms with van der Waals surface area (Å²) in [5, 5.41) is 10.5. The number of hydrogen-bond donors (Lipinski definition) is 2. The topological polar surface area (TPSA) is 101 Å². The van der Waals surface area contributed by atoms with Crippen LogP contribution in [0.1, 0.15) is 30.9 Å². The maximum Gasteiger partial charge on any atom is 0.330 e. The lowest BCUT2D eigenvalue weighted by Crippen LogP contribution is -2.45. The van der Waals surface area contributed by atoms with Crippen LogP contribution in [0.5, 0.6) is 0 Å². The number of benzene rings is 1. The van der Waals surface area contributed by atoms with E-state index in [9.17, 15) is 23.1 Å². The minimum Gasteiger partial charge on any atom is -0.479 e. The van der Waals surface area contributed by atoms with Crippen molar-refractivity contribution in [2.24, 2.45) is 0 Å². The number of nitrogens with one attached hydrogen (secondary N) is 1. The monoisotopic (exact) mass is 389 g/mol. The molecule has 0 aromatic heterocycles. The van der Waals surface area contributed by atoms with E-state index in [1.54, 1.807) is 24.3 Å². The zero-order valence-corrected chi connectivity index (χ0v) is 14.1. The van der Waals surface area contributed by atoms with Gasteiger partial charge in [0.15, 0.2) is 15.9 Å². The maximum absolute atomic E-state index is 12.2. The molecule has 1 fully saturated rings. The fourth-order valence-corrected chi connectivity index (χ4v) is 4.50. The van der Waals surface area contributed by atoms with Gasteiger partial charge >= 0.3 is 5.97 Å². The average molecular weight is 390 g/mol. The van der Waals surface area contributed by atoms with Gasteiger partial charge in [0.1, 0.15) is 5.25 Å². The van der Waals surface area contributed by atoms with E-state index in [4.69, 9.17) is 0 Å². The first-order valence-electron chi connectivity index (χ1n) is 6.81. The molecule has 22 heavy (non-hydrogen) atoms. The Morgan fingerprint density at radius 1 is 1.23 bits per heavy atom. The van der Waals surface area contributed by atoms with Gasteiger partial charge in [-0.15, -0.1) is 0 Å². The van der Waals surface area contributed by atoms with E-state index in [0.29, 0.717) is 18.4 Å². The summed E-state index contributed by atoms with van der Waals surface area (Å²) in [6, 6.07) is 5.19. The summed E-state index contributed by atoms with van der Waals surface area (Å²) in [6.07, 6.45) is 1.43.